The number of hydrogen-bond donors (Lipinski definition) is 2. The van der Waals surface area contributed by atoms with Gasteiger partial charge in [0, 0.05) is 16.1 Å². The minimum Gasteiger partial charge on any atom is -0.268 e. The molecule has 2 rings (SSSR count). The summed E-state index contributed by atoms with van der Waals surface area (Å²) in [6, 6.07) is 11.0. The maximum atomic E-state index is 13.5. The number of carbonyl (C=O) groups is 2. The molecule has 0 saturated heterocycles. The fourth-order valence-electron chi connectivity index (χ4n) is 1.70. The molecule has 4 nitrogen and oxygen atoms in total. The van der Waals surface area contributed by atoms with Gasteiger partial charge in [-0.05, 0) is 46.3 Å². The summed E-state index contributed by atoms with van der Waals surface area (Å²) in [7, 11) is 0. The first kappa shape index (κ1) is 17.2. The van der Waals surface area contributed by atoms with Gasteiger partial charge in [0.2, 0.25) is 0 Å². The van der Waals surface area contributed by atoms with Crippen molar-refractivity contribution in [3.63, 3.8) is 0 Å². The van der Waals surface area contributed by atoms with Crippen LogP contribution >= 0.6 is 27.5 Å². The summed E-state index contributed by atoms with van der Waals surface area (Å²) in [6.07, 6.45) is 2.31. The summed E-state index contributed by atoms with van der Waals surface area (Å²) in [5.74, 6) is -1.65. The lowest BCUT2D eigenvalue weighted by Gasteiger charge is -2.06. The van der Waals surface area contributed by atoms with Crippen LogP contribution in [0.5, 0.6) is 0 Å². The minimum atomic E-state index is -0.621. The molecule has 0 aliphatic rings. The maximum Gasteiger partial charge on any atom is 0.270 e. The van der Waals surface area contributed by atoms with E-state index in [0.717, 1.165) is 6.08 Å². The van der Waals surface area contributed by atoms with Crippen molar-refractivity contribution in [2.45, 2.75) is 0 Å². The van der Waals surface area contributed by atoms with Crippen molar-refractivity contribution < 1.29 is 14.0 Å². The maximum absolute atomic E-state index is 13.5. The van der Waals surface area contributed by atoms with E-state index in [2.05, 4.69) is 26.8 Å². The number of carbonyl (C=O) groups excluding carboxylic acids is 2. The van der Waals surface area contributed by atoms with Gasteiger partial charge in [-0.25, -0.2) is 4.39 Å². The Morgan fingerprint density at radius 1 is 1.09 bits per heavy atom. The van der Waals surface area contributed by atoms with Gasteiger partial charge in [0.1, 0.15) is 5.82 Å². The fraction of sp³-hybridized carbons (Fsp3) is 0. The number of nitrogens with one attached hydrogen (secondary N) is 2. The lowest BCUT2D eigenvalue weighted by molar-refractivity contribution is -0.117. The molecule has 0 saturated carbocycles. The fourth-order valence-corrected chi connectivity index (χ4v) is 2.39. The first-order chi connectivity index (χ1) is 11.0. The summed E-state index contributed by atoms with van der Waals surface area (Å²) in [4.78, 5) is 23.6. The van der Waals surface area contributed by atoms with E-state index in [0.29, 0.717) is 10.0 Å². The van der Waals surface area contributed by atoms with Crippen LogP contribution in [0, 0.1) is 5.82 Å². The first-order valence-corrected chi connectivity index (χ1v) is 7.63. The highest BCUT2D eigenvalue weighted by molar-refractivity contribution is 9.10. The predicted octanol–water partition coefficient (Wildman–Crippen LogP) is 3.72. The van der Waals surface area contributed by atoms with E-state index in [9.17, 15) is 14.0 Å². The molecule has 0 atom stereocenters. The smallest absolute Gasteiger partial charge is 0.268 e. The molecule has 0 heterocycles. The first-order valence-electron chi connectivity index (χ1n) is 6.46. The van der Waals surface area contributed by atoms with Gasteiger partial charge in [-0.3, -0.25) is 20.4 Å². The highest BCUT2D eigenvalue weighted by Gasteiger charge is 2.09. The van der Waals surface area contributed by atoms with Crippen molar-refractivity contribution in [2.75, 3.05) is 0 Å². The van der Waals surface area contributed by atoms with E-state index in [-0.39, 0.29) is 10.6 Å². The van der Waals surface area contributed by atoms with Crippen LogP contribution in [0.4, 0.5) is 4.39 Å². The van der Waals surface area contributed by atoms with Crippen LogP contribution in [-0.2, 0) is 4.79 Å². The zero-order valence-electron chi connectivity index (χ0n) is 11.6. The molecule has 2 aromatic rings. The number of halogens is 3. The van der Waals surface area contributed by atoms with Crippen molar-refractivity contribution in [2.24, 2.45) is 0 Å². The van der Waals surface area contributed by atoms with Crippen molar-refractivity contribution in [3.8, 4) is 0 Å². The summed E-state index contributed by atoms with van der Waals surface area (Å²) in [5.41, 5.74) is 4.93. The Bertz CT molecular complexity index is 760. The van der Waals surface area contributed by atoms with E-state index < -0.39 is 17.6 Å². The highest BCUT2D eigenvalue weighted by atomic mass is 79.9. The van der Waals surface area contributed by atoms with E-state index in [1.54, 1.807) is 24.3 Å². The summed E-state index contributed by atoms with van der Waals surface area (Å²) in [5, 5.41) is 0.186. The summed E-state index contributed by atoms with van der Waals surface area (Å²) < 4.78 is 14.1. The summed E-state index contributed by atoms with van der Waals surface area (Å²) in [6.45, 7) is 0. The van der Waals surface area contributed by atoms with Crippen molar-refractivity contribution in [1.82, 2.24) is 10.9 Å². The van der Waals surface area contributed by atoms with Crippen LogP contribution in [0.25, 0.3) is 6.08 Å². The molecule has 0 radical (unpaired) electrons. The van der Waals surface area contributed by atoms with E-state index in [1.807, 2.05) is 0 Å². The molecule has 7 heteroatoms. The van der Waals surface area contributed by atoms with Crippen LogP contribution in [0.2, 0.25) is 5.02 Å². The van der Waals surface area contributed by atoms with E-state index in [4.69, 9.17) is 11.6 Å². The Morgan fingerprint density at radius 3 is 2.52 bits per heavy atom. The van der Waals surface area contributed by atoms with Gasteiger partial charge in [-0.2, -0.15) is 0 Å². The zero-order valence-corrected chi connectivity index (χ0v) is 14.0. The molecule has 0 spiro atoms. The van der Waals surface area contributed by atoms with Crippen molar-refractivity contribution in [3.05, 3.63) is 75.0 Å². The minimum absolute atomic E-state index is 0.0986. The van der Waals surface area contributed by atoms with Crippen LogP contribution in [0.1, 0.15) is 15.9 Å². The third kappa shape index (κ3) is 4.64. The second-order valence-corrected chi connectivity index (χ2v) is 5.65. The number of hydrazine groups is 1. The normalized spacial score (nSPS) is 10.6. The zero-order chi connectivity index (χ0) is 16.8. The van der Waals surface area contributed by atoms with Gasteiger partial charge in [-0.1, -0.05) is 29.8 Å². The van der Waals surface area contributed by atoms with E-state index in [1.165, 1.54) is 24.3 Å². The van der Waals surface area contributed by atoms with Crippen molar-refractivity contribution >= 4 is 45.4 Å². The molecule has 0 aliphatic heterocycles. The Balaban J connectivity index is 1.97. The van der Waals surface area contributed by atoms with Gasteiger partial charge in [0.15, 0.2) is 0 Å². The average molecular weight is 398 g/mol. The SMILES string of the molecule is O=C(/C=C/c1c(F)cccc1Cl)NNC(=O)c1ccccc1Br. The van der Waals surface area contributed by atoms with Crippen molar-refractivity contribution in [1.29, 1.82) is 0 Å². The number of amides is 2. The predicted molar refractivity (Wildman–Crippen MR) is 90.2 cm³/mol. The van der Waals surface area contributed by atoms with E-state index >= 15 is 0 Å². The second-order valence-electron chi connectivity index (χ2n) is 4.39. The second kappa shape index (κ2) is 7.89. The standard InChI is InChI=1S/C16H11BrClFN2O2/c17-12-5-2-1-4-10(12)16(23)21-20-15(22)9-8-11-13(18)6-3-7-14(11)19/h1-9H,(H,20,22)(H,21,23)/b9-8+. The Labute approximate surface area is 145 Å². The molecule has 2 N–H and O–H groups in total. The molecule has 0 unspecified atom stereocenters. The third-order valence-electron chi connectivity index (χ3n) is 2.82. The molecule has 2 aromatic carbocycles. The Hall–Kier alpha value is -2.18. The average Bonchev–Trinajstić information content (AvgIpc) is 2.52. The third-order valence-corrected chi connectivity index (χ3v) is 3.84. The molecule has 0 bridgehead atoms. The molecule has 23 heavy (non-hydrogen) atoms. The number of hydrogen-bond acceptors (Lipinski definition) is 2. The lowest BCUT2D eigenvalue weighted by Crippen LogP contribution is -2.40. The Kier molecular flexibility index (Phi) is 5.90. The monoisotopic (exact) mass is 396 g/mol. The number of benzene rings is 2. The van der Waals surface area contributed by atoms with Gasteiger partial charge in [-0.15, -0.1) is 0 Å². The topological polar surface area (TPSA) is 58.2 Å². The van der Waals surface area contributed by atoms with Gasteiger partial charge in [0.25, 0.3) is 11.8 Å². The van der Waals surface area contributed by atoms with Gasteiger partial charge in [0.05, 0.1) is 10.6 Å². The molecular formula is C16H11BrClFN2O2. The van der Waals surface area contributed by atoms with Crippen LogP contribution in [-0.4, -0.2) is 11.8 Å². The molecule has 0 aromatic heterocycles. The molecule has 2 amide bonds. The highest BCUT2D eigenvalue weighted by Crippen LogP contribution is 2.20. The van der Waals surface area contributed by atoms with Crippen LogP contribution in [0.3, 0.4) is 0 Å². The molecule has 118 valence electrons. The largest absolute Gasteiger partial charge is 0.270 e. The van der Waals surface area contributed by atoms with Gasteiger partial charge >= 0.3 is 0 Å². The quantitative estimate of drug-likeness (QED) is 0.613. The van der Waals surface area contributed by atoms with Gasteiger partial charge < -0.3 is 0 Å². The molecule has 0 fully saturated rings. The van der Waals surface area contributed by atoms with Crippen LogP contribution < -0.4 is 10.9 Å². The lowest BCUT2D eigenvalue weighted by atomic mass is 10.2. The summed E-state index contributed by atoms with van der Waals surface area (Å²) >= 11 is 9.08. The molecule has 0 aliphatic carbocycles. The van der Waals surface area contributed by atoms with Crippen LogP contribution in [0.15, 0.2) is 53.0 Å². The number of rotatable bonds is 3. The molecular weight excluding hydrogens is 387 g/mol. The Morgan fingerprint density at radius 2 is 1.83 bits per heavy atom.